The van der Waals surface area contributed by atoms with E-state index in [-0.39, 0.29) is 5.56 Å². The van der Waals surface area contributed by atoms with E-state index in [1.807, 2.05) is 6.07 Å². The van der Waals surface area contributed by atoms with Crippen LogP contribution in [0.4, 0.5) is 0 Å². The van der Waals surface area contributed by atoms with Crippen molar-refractivity contribution in [3.05, 3.63) is 37.0 Å². The van der Waals surface area contributed by atoms with Gasteiger partial charge in [-0.3, -0.25) is 9.78 Å². The summed E-state index contributed by atoms with van der Waals surface area (Å²) in [6, 6.07) is 2.04. The maximum absolute atomic E-state index is 11.7. The lowest BCUT2D eigenvalue weighted by atomic mass is 9.96. The number of aromatic amines is 2. The van der Waals surface area contributed by atoms with Gasteiger partial charge in [-0.25, -0.2) is 0 Å². The molecule has 15 heavy (non-hydrogen) atoms. The second-order valence-corrected chi connectivity index (χ2v) is 4.93. The fourth-order valence-corrected chi connectivity index (χ4v) is 3.06. The number of hydrogen-bond donors (Lipinski definition) is 2. The van der Waals surface area contributed by atoms with Crippen LogP contribution in [-0.2, 0) is 12.8 Å². The predicted molar refractivity (Wildman–Crippen MR) is 63.0 cm³/mol. The summed E-state index contributed by atoms with van der Waals surface area (Å²) in [6.45, 7) is 0. The number of fused-ring (bicyclic) bond motifs is 3. The van der Waals surface area contributed by atoms with Gasteiger partial charge in [0.1, 0.15) is 0 Å². The Balaban J connectivity index is 2.42. The van der Waals surface area contributed by atoms with Crippen LogP contribution in [0, 0.1) is 4.77 Å². The van der Waals surface area contributed by atoms with Gasteiger partial charge in [0.05, 0.1) is 5.69 Å². The summed E-state index contributed by atoms with van der Waals surface area (Å²) < 4.78 is 0.401. The van der Waals surface area contributed by atoms with E-state index >= 15 is 0 Å². The molecule has 0 radical (unpaired) electrons. The number of hydrogen-bond acceptors (Lipinski definition) is 3. The molecule has 0 unspecified atom stereocenters. The van der Waals surface area contributed by atoms with Crippen LogP contribution in [0.15, 0.2) is 16.2 Å². The maximum Gasteiger partial charge on any atom is 0.255 e. The monoisotopic (exact) mass is 236 g/mol. The van der Waals surface area contributed by atoms with Crippen molar-refractivity contribution in [3.8, 4) is 11.3 Å². The highest BCUT2D eigenvalue weighted by atomic mass is 32.1. The lowest BCUT2D eigenvalue weighted by Gasteiger charge is -2.14. The predicted octanol–water partition coefficient (Wildman–Crippen LogP) is 2.26. The van der Waals surface area contributed by atoms with Crippen molar-refractivity contribution in [1.82, 2.24) is 9.97 Å². The van der Waals surface area contributed by atoms with Crippen LogP contribution in [0.3, 0.4) is 0 Å². The van der Waals surface area contributed by atoms with Crippen molar-refractivity contribution in [2.24, 2.45) is 0 Å². The van der Waals surface area contributed by atoms with Crippen molar-refractivity contribution >= 4 is 23.6 Å². The number of aromatic nitrogens is 2. The van der Waals surface area contributed by atoms with E-state index in [4.69, 9.17) is 12.2 Å². The molecule has 0 aliphatic heterocycles. The van der Waals surface area contributed by atoms with E-state index < -0.39 is 0 Å². The Morgan fingerprint density at radius 3 is 3.07 bits per heavy atom. The maximum atomic E-state index is 11.7. The lowest BCUT2D eigenvalue weighted by Crippen LogP contribution is -2.19. The minimum Gasteiger partial charge on any atom is -0.331 e. The minimum absolute atomic E-state index is 0.0504. The molecule has 1 aliphatic carbocycles. The molecule has 0 saturated heterocycles. The molecule has 2 heterocycles. The Morgan fingerprint density at radius 2 is 2.20 bits per heavy atom. The topological polar surface area (TPSA) is 48.6 Å². The number of H-pyrrole nitrogens is 2. The van der Waals surface area contributed by atoms with Gasteiger partial charge < -0.3 is 4.98 Å². The Hall–Kier alpha value is -1.20. The fraction of sp³-hybridized carbons (Fsp3) is 0.200. The van der Waals surface area contributed by atoms with E-state index in [1.54, 1.807) is 11.3 Å². The highest BCUT2D eigenvalue weighted by Gasteiger charge is 2.19. The van der Waals surface area contributed by atoms with Gasteiger partial charge in [0.2, 0.25) is 0 Å². The molecule has 2 aromatic heterocycles. The molecule has 1 aliphatic rings. The largest absolute Gasteiger partial charge is 0.331 e. The first-order valence-corrected chi connectivity index (χ1v) is 5.97. The highest BCUT2D eigenvalue weighted by molar-refractivity contribution is 7.71. The van der Waals surface area contributed by atoms with E-state index in [0.29, 0.717) is 4.77 Å². The number of rotatable bonds is 0. The summed E-state index contributed by atoms with van der Waals surface area (Å²) >= 11 is 6.71. The van der Waals surface area contributed by atoms with Crippen LogP contribution in [0.25, 0.3) is 11.3 Å². The van der Waals surface area contributed by atoms with E-state index in [9.17, 15) is 4.79 Å². The zero-order valence-corrected chi connectivity index (χ0v) is 9.43. The Kier molecular flexibility index (Phi) is 1.90. The number of nitrogens with one attached hydrogen (secondary N) is 2. The average Bonchev–Trinajstić information content (AvgIpc) is 2.65. The summed E-state index contributed by atoms with van der Waals surface area (Å²) in [5, 5.41) is 2.05. The summed E-state index contributed by atoms with van der Waals surface area (Å²) in [5.41, 5.74) is 2.82. The van der Waals surface area contributed by atoms with E-state index in [2.05, 4.69) is 15.3 Å². The molecule has 5 heteroatoms. The second-order valence-electron chi connectivity index (χ2n) is 3.52. The molecule has 3 rings (SSSR count). The van der Waals surface area contributed by atoms with Crippen molar-refractivity contribution in [1.29, 1.82) is 0 Å². The molecule has 0 aromatic carbocycles. The number of thiophene rings is 1. The van der Waals surface area contributed by atoms with Crippen LogP contribution in [-0.4, -0.2) is 9.97 Å². The highest BCUT2D eigenvalue weighted by Crippen LogP contribution is 2.33. The smallest absolute Gasteiger partial charge is 0.255 e. The SMILES string of the molecule is O=c1[nH]c(=S)[nH]c2c1CCc1sccc1-2. The van der Waals surface area contributed by atoms with E-state index in [1.165, 1.54) is 4.88 Å². The number of aryl methyl sites for hydroxylation is 1. The van der Waals surface area contributed by atoms with Gasteiger partial charge in [-0.1, -0.05) is 0 Å². The van der Waals surface area contributed by atoms with Crippen molar-refractivity contribution < 1.29 is 0 Å². The summed E-state index contributed by atoms with van der Waals surface area (Å²) in [5.74, 6) is 0. The zero-order chi connectivity index (χ0) is 10.4. The molecule has 0 amide bonds. The van der Waals surface area contributed by atoms with Gasteiger partial charge in [-0.15, -0.1) is 11.3 Å². The van der Waals surface area contributed by atoms with E-state index in [0.717, 1.165) is 29.7 Å². The summed E-state index contributed by atoms with van der Waals surface area (Å²) in [6.07, 6.45) is 1.75. The standard InChI is InChI=1S/C10H8N2OS2/c13-9-6-1-2-7-5(3-4-15-7)8(6)11-10(14)12-9/h3-4H,1-2H2,(H2,11,12,13,14). The molecule has 76 valence electrons. The van der Waals surface area contributed by atoms with Crippen LogP contribution < -0.4 is 5.56 Å². The Labute approximate surface area is 94.8 Å². The lowest BCUT2D eigenvalue weighted by molar-refractivity contribution is 0.902. The van der Waals surface area contributed by atoms with Crippen molar-refractivity contribution in [2.45, 2.75) is 12.8 Å². The molecular weight excluding hydrogens is 228 g/mol. The summed E-state index contributed by atoms with van der Waals surface area (Å²) in [7, 11) is 0. The van der Waals surface area contributed by atoms with Gasteiger partial charge in [0.25, 0.3) is 5.56 Å². The third-order valence-electron chi connectivity index (χ3n) is 2.66. The van der Waals surface area contributed by atoms with Gasteiger partial charge in [-0.2, -0.15) is 0 Å². The molecule has 0 bridgehead atoms. The van der Waals surface area contributed by atoms with Crippen molar-refractivity contribution in [2.75, 3.05) is 0 Å². The normalized spacial score (nSPS) is 13.3. The Morgan fingerprint density at radius 1 is 1.33 bits per heavy atom. The third-order valence-corrected chi connectivity index (χ3v) is 3.84. The molecule has 0 fully saturated rings. The van der Waals surface area contributed by atoms with Gasteiger partial charge in [0.15, 0.2) is 4.77 Å². The first kappa shape index (κ1) is 9.06. The zero-order valence-electron chi connectivity index (χ0n) is 7.79. The molecule has 3 nitrogen and oxygen atoms in total. The third kappa shape index (κ3) is 1.31. The van der Waals surface area contributed by atoms with Gasteiger partial charge in [-0.05, 0) is 36.5 Å². The van der Waals surface area contributed by atoms with Gasteiger partial charge >= 0.3 is 0 Å². The molecule has 2 N–H and O–H groups in total. The molecule has 0 spiro atoms. The molecule has 0 atom stereocenters. The first-order chi connectivity index (χ1) is 7.25. The second kappa shape index (κ2) is 3.15. The molecular formula is C10H8N2OS2. The average molecular weight is 236 g/mol. The quantitative estimate of drug-likeness (QED) is 0.689. The minimum atomic E-state index is -0.0504. The first-order valence-electron chi connectivity index (χ1n) is 4.68. The van der Waals surface area contributed by atoms with Crippen LogP contribution >= 0.6 is 23.6 Å². The van der Waals surface area contributed by atoms with Gasteiger partial charge in [0, 0.05) is 16.0 Å². The molecule has 0 saturated carbocycles. The Bertz CT molecular complexity index is 635. The molecule has 2 aromatic rings. The summed E-state index contributed by atoms with van der Waals surface area (Å²) in [4.78, 5) is 18.7. The fourth-order valence-electron chi connectivity index (χ4n) is 1.98. The van der Waals surface area contributed by atoms with Crippen LogP contribution in [0.5, 0.6) is 0 Å². The van der Waals surface area contributed by atoms with Crippen LogP contribution in [0.2, 0.25) is 0 Å². The van der Waals surface area contributed by atoms with Crippen LogP contribution in [0.1, 0.15) is 10.4 Å². The van der Waals surface area contributed by atoms with Crippen molar-refractivity contribution in [3.63, 3.8) is 0 Å².